The van der Waals surface area contributed by atoms with Crippen LogP contribution in [0.15, 0.2) is 29.4 Å². The van der Waals surface area contributed by atoms with Crippen LogP contribution in [0.3, 0.4) is 0 Å². The largest absolute Gasteiger partial charge is 0.357 e. The lowest BCUT2D eigenvalue weighted by molar-refractivity contribution is 0.152. The van der Waals surface area contributed by atoms with Gasteiger partial charge in [-0.15, -0.1) is 10.2 Å². The van der Waals surface area contributed by atoms with Crippen molar-refractivity contribution in [2.75, 3.05) is 52.9 Å². The third-order valence-electron chi connectivity index (χ3n) is 4.90. The topological polar surface area (TPSA) is 73.1 Å². The number of rotatable bonds is 8. The molecular formula is C19H32N8. The molecule has 3 rings (SSSR count). The lowest BCUT2D eigenvalue weighted by Gasteiger charge is -2.32. The molecule has 148 valence electrons. The summed E-state index contributed by atoms with van der Waals surface area (Å²) in [5.41, 5.74) is 0.851. The van der Waals surface area contributed by atoms with Crippen LogP contribution in [-0.2, 0) is 6.54 Å². The second-order valence-corrected chi connectivity index (χ2v) is 7.02. The van der Waals surface area contributed by atoms with Gasteiger partial charge in [-0.3, -0.25) is 4.40 Å². The Morgan fingerprint density at radius 3 is 2.78 bits per heavy atom. The highest BCUT2D eigenvalue weighted by atomic mass is 15.3. The summed E-state index contributed by atoms with van der Waals surface area (Å²) in [4.78, 5) is 9.62. The molecule has 1 aliphatic rings. The molecule has 0 aromatic carbocycles. The molecule has 2 N–H and O–H groups in total. The summed E-state index contributed by atoms with van der Waals surface area (Å²) in [6.45, 7) is 10.3. The quantitative estimate of drug-likeness (QED) is 0.406. The number of likely N-dealkylation sites (N-methyl/N-ethyl adjacent to an activating group) is 1. The van der Waals surface area contributed by atoms with E-state index >= 15 is 0 Å². The first-order chi connectivity index (χ1) is 13.3. The highest BCUT2D eigenvalue weighted by molar-refractivity contribution is 5.79. The molecule has 27 heavy (non-hydrogen) atoms. The van der Waals surface area contributed by atoms with E-state index < -0.39 is 0 Å². The Bertz CT molecular complexity index is 717. The van der Waals surface area contributed by atoms with Crippen LogP contribution in [0.5, 0.6) is 0 Å². The van der Waals surface area contributed by atoms with Crippen LogP contribution in [0.1, 0.15) is 25.6 Å². The van der Waals surface area contributed by atoms with E-state index in [2.05, 4.69) is 49.6 Å². The third-order valence-corrected chi connectivity index (χ3v) is 4.90. The van der Waals surface area contributed by atoms with Crippen molar-refractivity contribution in [3.8, 4) is 0 Å². The van der Waals surface area contributed by atoms with Crippen molar-refractivity contribution in [2.24, 2.45) is 4.99 Å². The molecule has 0 radical (unpaired) electrons. The van der Waals surface area contributed by atoms with Crippen molar-refractivity contribution in [3.05, 3.63) is 30.2 Å². The molecule has 1 fully saturated rings. The molecule has 1 aliphatic heterocycles. The van der Waals surface area contributed by atoms with Gasteiger partial charge in [0.25, 0.3) is 0 Å². The van der Waals surface area contributed by atoms with Crippen LogP contribution in [-0.4, -0.2) is 83.2 Å². The molecule has 0 unspecified atom stereocenters. The molecule has 2 aromatic heterocycles. The lowest BCUT2D eigenvalue weighted by atomic mass is 10.2. The summed E-state index contributed by atoms with van der Waals surface area (Å²) in [5, 5.41) is 15.1. The van der Waals surface area contributed by atoms with Gasteiger partial charge in [-0.1, -0.05) is 6.07 Å². The van der Waals surface area contributed by atoms with Gasteiger partial charge in [-0.2, -0.15) is 0 Å². The Labute approximate surface area is 161 Å². The molecule has 0 aliphatic carbocycles. The van der Waals surface area contributed by atoms with Crippen molar-refractivity contribution < 1.29 is 0 Å². The molecule has 0 saturated carbocycles. The maximum Gasteiger partial charge on any atom is 0.191 e. The number of aliphatic imine (C=N–C) groups is 1. The van der Waals surface area contributed by atoms with Gasteiger partial charge in [0.2, 0.25) is 0 Å². The highest BCUT2D eigenvalue weighted by Gasteiger charge is 2.12. The number of piperazine rings is 1. The van der Waals surface area contributed by atoms with E-state index in [0.29, 0.717) is 6.54 Å². The van der Waals surface area contributed by atoms with Gasteiger partial charge in [0.05, 0.1) is 0 Å². The number of hydrogen-bond donors (Lipinski definition) is 2. The summed E-state index contributed by atoms with van der Waals surface area (Å²) in [5.74, 6) is 1.68. The van der Waals surface area contributed by atoms with Gasteiger partial charge >= 0.3 is 0 Å². The number of guanidine groups is 1. The summed E-state index contributed by atoms with van der Waals surface area (Å²) in [6, 6.07) is 5.89. The fraction of sp³-hybridized carbons (Fsp3) is 0.632. The van der Waals surface area contributed by atoms with Gasteiger partial charge in [-0.05, 0) is 45.5 Å². The van der Waals surface area contributed by atoms with Crippen molar-refractivity contribution in [3.63, 3.8) is 0 Å². The first-order valence-electron chi connectivity index (χ1n) is 9.98. The first-order valence-corrected chi connectivity index (χ1v) is 9.98. The molecular weight excluding hydrogens is 340 g/mol. The van der Waals surface area contributed by atoms with E-state index in [1.807, 2.05) is 28.8 Å². The zero-order chi connectivity index (χ0) is 18.9. The maximum atomic E-state index is 4.66. The molecule has 8 nitrogen and oxygen atoms in total. The van der Waals surface area contributed by atoms with Gasteiger partial charge in [0, 0.05) is 45.5 Å². The van der Waals surface area contributed by atoms with E-state index in [4.69, 9.17) is 0 Å². The summed E-state index contributed by atoms with van der Waals surface area (Å²) in [6.07, 6.45) is 4.33. The Morgan fingerprint density at radius 2 is 1.96 bits per heavy atom. The van der Waals surface area contributed by atoms with Crippen LogP contribution < -0.4 is 10.6 Å². The SMILES string of the molecule is CCNC(=NCc1nnc2ccccn12)NCCCCN1CCN(C)CC1. The minimum absolute atomic E-state index is 0.502. The van der Waals surface area contributed by atoms with E-state index in [1.165, 1.54) is 39.1 Å². The second-order valence-electron chi connectivity index (χ2n) is 7.02. The zero-order valence-electron chi connectivity index (χ0n) is 16.6. The molecule has 0 amide bonds. The third kappa shape index (κ3) is 5.90. The van der Waals surface area contributed by atoms with Crippen molar-refractivity contribution >= 4 is 11.6 Å². The Kier molecular flexibility index (Phi) is 7.41. The molecule has 2 aromatic rings. The van der Waals surface area contributed by atoms with E-state index in [-0.39, 0.29) is 0 Å². The van der Waals surface area contributed by atoms with Crippen LogP contribution in [0.4, 0.5) is 0 Å². The fourth-order valence-electron chi connectivity index (χ4n) is 3.23. The maximum absolute atomic E-state index is 4.66. The Morgan fingerprint density at radius 1 is 1.11 bits per heavy atom. The van der Waals surface area contributed by atoms with Crippen molar-refractivity contribution in [1.29, 1.82) is 0 Å². The van der Waals surface area contributed by atoms with Crippen molar-refractivity contribution in [1.82, 2.24) is 35.0 Å². The molecule has 1 saturated heterocycles. The van der Waals surface area contributed by atoms with Gasteiger partial charge in [0.1, 0.15) is 6.54 Å². The second kappa shape index (κ2) is 10.2. The number of pyridine rings is 1. The van der Waals surface area contributed by atoms with E-state index in [0.717, 1.165) is 36.9 Å². The Hall–Kier alpha value is -2.19. The monoisotopic (exact) mass is 372 g/mol. The fourth-order valence-corrected chi connectivity index (χ4v) is 3.23. The molecule has 8 heteroatoms. The molecule has 3 heterocycles. The molecule has 0 spiro atoms. The smallest absolute Gasteiger partial charge is 0.191 e. The first kappa shape index (κ1) is 19.6. The van der Waals surface area contributed by atoms with Gasteiger partial charge < -0.3 is 20.4 Å². The number of unbranched alkanes of at least 4 members (excludes halogenated alkanes) is 1. The van der Waals surface area contributed by atoms with E-state index in [9.17, 15) is 0 Å². The predicted molar refractivity (Wildman–Crippen MR) is 109 cm³/mol. The number of nitrogens with one attached hydrogen (secondary N) is 2. The lowest BCUT2D eigenvalue weighted by Crippen LogP contribution is -2.44. The van der Waals surface area contributed by atoms with E-state index in [1.54, 1.807) is 0 Å². The average Bonchev–Trinajstić information content (AvgIpc) is 3.10. The van der Waals surface area contributed by atoms with Crippen LogP contribution in [0.25, 0.3) is 5.65 Å². The predicted octanol–water partition coefficient (Wildman–Crippen LogP) is 0.812. The Balaban J connectivity index is 1.41. The van der Waals surface area contributed by atoms with Crippen molar-refractivity contribution in [2.45, 2.75) is 26.3 Å². The highest BCUT2D eigenvalue weighted by Crippen LogP contribution is 2.04. The normalized spacial score (nSPS) is 16.7. The number of fused-ring (bicyclic) bond motifs is 1. The van der Waals surface area contributed by atoms with Gasteiger partial charge in [0.15, 0.2) is 17.4 Å². The number of aromatic nitrogens is 3. The standard InChI is InChI=1S/C19H32N8/c1-3-20-19(21-9-5-7-10-26-14-12-25(2)13-15-26)22-16-18-24-23-17-8-4-6-11-27(17)18/h4,6,8,11H,3,5,7,9-10,12-16H2,1-2H3,(H2,20,21,22). The minimum atomic E-state index is 0.502. The average molecular weight is 373 g/mol. The summed E-state index contributed by atoms with van der Waals surface area (Å²) in [7, 11) is 2.20. The molecule has 0 atom stereocenters. The summed E-state index contributed by atoms with van der Waals surface area (Å²) >= 11 is 0. The van der Waals surface area contributed by atoms with Crippen LogP contribution in [0.2, 0.25) is 0 Å². The zero-order valence-corrected chi connectivity index (χ0v) is 16.6. The van der Waals surface area contributed by atoms with Crippen LogP contribution in [0, 0.1) is 0 Å². The van der Waals surface area contributed by atoms with Gasteiger partial charge in [-0.25, -0.2) is 4.99 Å². The van der Waals surface area contributed by atoms with Crippen LogP contribution >= 0.6 is 0 Å². The molecule has 0 bridgehead atoms. The minimum Gasteiger partial charge on any atom is -0.357 e. The number of hydrogen-bond acceptors (Lipinski definition) is 5. The summed E-state index contributed by atoms with van der Waals surface area (Å²) < 4.78 is 1.98. The number of nitrogens with zero attached hydrogens (tertiary/aromatic N) is 6.